The van der Waals surface area contributed by atoms with Crippen LogP contribution in [0.4, 0.5) is 0 Å². The average molecular weight is 262 g/mol. The van der Waals surface area contributed by atoms with Crippen LogP contribution in [0.15, 0.2) is 17.0 Å². The monoisotopic (exact) mass is 262 g/mol. The summed E-state index contributed by atoms with van der Waals surface area (Å²) in [6.45, 7) is 0.973. The summed E-state index contributed by atoms with van der Waals surface area (Å²) in [5.74, 6) is -1.04. The molecule has 0 aliphatic rings. The molecule has 0 radical (unpaired) electrons. The van der Waals surface area contributed by atoms with E-state index in [1.54, 1.807) is 0 Å². The highest BCUT2D eigenvalue weighted by atomic mass is 32.2. The normalized spacial score (nSPS) is 11.6. The molecule has 0 heterocycles. The summed E-state index contributed by atoms with van der Waals surface area (Å²) < 4.78 is 30.6. The molecule has 0 saturated carbocycles. The van der Waals surface area contributed by atoms with Gasteiger partial charge in [-0.3, -0.25) is 4.55 Å². The van der Waals surface area contributed by atoms with Gasteiger partial charge in [0.1, 0.15) is 0 Å². The van der Waals surface area contributed by atoms with Crippen molar-refractivity contribution in [3.8, 4) is 11.5 Å². The van der Waals surface area contributed by atoms with Crippen LogP contribution in [0.1, 0.15) is 5.56 Å². The van der Waals surface area contributed by atoms with Crippen LogP contribution >= 0.6 is 0 Å². The molecule has 0 aromatic heterocycles. The van der Waals surface area contributed by atoms with Gasteiger partial charge in [0, 0.05) is 31.3 Å². The molecule has 0 bridgehead atoms. The molecule has 7 nitrogen and oxygen atoms in total. The highest BCUT2D eigenvalue weighted by molar-refractivity contribution is 7.85. The molecule has 0 fully saturated rings. The van der Waals surface area contributed by atoms with E-state index in [4.69, 9.17) is 10.3 Å². The van der Waals surface area contributed by atoms with Gasteiger partial charge in [0.2, 0.25) is 0 Å². The predicted molar refractivity (Wildman–Crippen MR) is 60.3 cm³/mol. The molecule has 96 valence electrons. The quantitative estimate of drug-likeness (QED) is 0.271. The summed E-state index contributed by atoms with van der Waals surface area (Å²) in [7, 11) is -4.42. The predicted octanol–water partition coefficient (Wildman–Crippen LogP) is -0.607. The van der Waals surface area contributed by atoms with Crippen molar-refractivity contribution in [2.75, 3.05) is 13.1 Å². The molecule has 1 rings (SSSR count). The molecular weight excluding hydrogens is 248 g/mol. The zero-order valence-electron chi connectivity index (χ0n) is 8.92. The Morgan fingerprint density at radius 2 is 1.94 bits per heavy atom. The topological polar surface area (TPSA) is 133 Å². The minimum Gasteiger partial charge on any atom is -0.504 e. The molecule has 17 heavy (non-hydrogen) atoms. The molecule has 0 amide bonds. The van der Waals surface area contributed by atoms with E-state index < -0.39 is 26.5 Å². The maximum absolute atomic E-state index is 10.9. The van der Waals surface area contributed by atoms with Crippen LogP contribution in [-0.4, -0.2) is 36.3 Å². The van der Waals surface area contributed by atoms with Crippen molar-refractivity contribution in [2.45, 2.75) is 11.4 Å². The summed E-state index contributed by atoms with van der Waals surface area (Å²) in [5.41, 5.74) is 5.41. The molecule has 0 saturated heterocycles. The lowest BCUT2D eigenvalue weighted by molar-refractivity contribution is 0.395. The molecular formula is C9H14N2O5S. The lowest BCUT2D eigenvalue weighted by Gasteiger charge is -2.09. The van der Waals surface area contributed by atoms with E-state index in [2.05, 4.69) is 5.32 Å². The lowest BCUT2D eigenvalue weighted by atomic mass is 10.2. The highest BCUT2D eigenvalue weighted by Crippen LogP contribution is 2.31. The van der Waals surface area contributed by atoms with Gasteiger partial charge in [-0.2, -0.15) is 8.42 Å². The van der Waals surface area contributed by atoms with Crippen LogP contribution in [0.5, 0.6) is 11.5 Å². The Labute approximate surface area is 98.6 Å². The first-order chi connectivity index (χ1) is 7.86. The largest absolute Gasteiger partial charge is 0.504 e. The van der Waals surface area contributed by atoms with Crippen LogP contribution in [-0.2, 0) is 16.7 Å². The van der Waals surface area contributed by atoms with Crippen molar-refractivity contribution in [1.29, 1.82) is 0 Å². The van der Waals surface area contributed by atoms with Gasteiger partial charge in [0.25, 0.3) is 10.1 Å². The minimum atomic E-state index is -4.42. The summed E-state index contributed by atoms with van der Waals surface area (Å²) in [6.07, 6.45) is 0. The van der Waals surface area contributed by atoms with Crippen molar-refractivity contribution < 1.29 is 23.2 Å². The second kappa shape index (κ2) is 5.32. The number of hydrogen-bond donors (Lipinski definition) is 5. The highest BCUT2D eigenvalue weighted by Gasteiger charge is 2.16. The third-order valence-electron chi connectivity index (χ3n) is 2.08. The summed E-state index contributed by atoms with van der Waals surface area (Å²) in [6, 6.07) is 1.85. The summed E-state index contributed by atoms with van der Waals surface area (Å²) in [5, 5.41) is 21.6. The van der Waals surface area contributed by atoms with Gasteiger partial charge in [-0.1, -0.05) is 0 Å². The fourth-order valence-corrected chi connectivity index (χ4v) is 1.81. The minimum absolute atomic E-state index is 0.125. The Bertz CT molecular complexity index is 500. The second-order valence-corrected chi connectivity index (χ2v) is 4.81. The van der Waals surface area contributed by atoms with E-state index in [1.807, 2.05) is 0 Å². The number of rotatable bonds is 5. The van der Waals surface area contributed by atoms with Crippen LogP contribution in [0.3, 0.4) is 0 Å². The van der Waals surface area contributed by atoms with Gasteiger partial charge >= 0.3 is 0 Å². The van der Waals surface area contributed by atoms with Crippen LogP contribution in [0.25, 0.3) is 0 Å². The van der Waals surface area contributed by atoms with Gasteiger partial charge in [0.15, 0.2) is 11.5 Å². The van der Waals surface area contributed by atoms with E-state index in [0.29, 0.717) is 13.1 Å². The molecule has 0 unspecified atom stereocenters. The maximum atomic E-state index is 10.9. The average Bonchev–Trinajstić information content (AvgIpc) is 2.22. The number of nitrogens with one attached hydrogen (secondary N) is 1. The van der Waals surface area contributed by atoms with Crippen molar-refractivity contribution in [3.63, 3.8) is 0 Å². The lowest BCUT2D eigenvalue weighted by Crippen LogP contribution is -2.22. The van der Waals surface area contributed by atoms with Crippen molar-refractivity contribution >= 4 is 10.1 Å². The molecule has 1 aromatic rings. The van der Waals surface area contributed by atoms with E-state index in [-0.39, 0.29) is 12.1 Å². The van der Waals surface area contributed by atoms with Crippen molar-refractivity contribution in [1.82, 2.24) is 5.32 Å². The van der Waals surface area contributed by atoms with E-state index in [1.165, 1.54) is 0 Å². The van der Waals surface area contributed by atoms with E-state index >= 15 is 0 Å². The number of phenols is 2. The molecule has 6 N–H and O–H groups in total. The SMILES string of the molecule is NCCNCc1cc(S(=O)(=O)O)cc(O)c1O. The number of hydrogen-bond acceptors (Lipinski definition) is 6. The van der Waals surface area contributed by atoms with Gasteiger partial charge in [-0.25, -0.2) is 0 Å². The van der Waals surface area contributed by atoms with Crippen LogP contribution < -0.4 is 11.1 Å². The number of benzene rings is 1. The third-order valence-corrected chi connectivity index (χ3v) is 2.91. The summed E-state index contributed by atoms with van der Waals surface area (Å²) in [4.78, 5) is -0.475. The van der Waals surface area contributed by atoms with Gasteiger partial charge in [-0.15, -0.1) is 0 Å². The van der Waals surface area contributed by atoms with Gasteiger partial charge in [0.05, 0.1) is 4.90 Å². The molecule has 0 spiro atoms. The Balaban J connectivity index is 3.08. The Morgan fingerprint density at radius 1 is 1.29 bits per heavy atom. The van der Waals surface area contributed by atoms with Gasteiger partial charge < -0.3 is 21.3 Å². The second-order valence-electron chi connectivity index (χ2n) is 3.39. The Kier molecular flexibility index (Phi) is 4.29. The van der Waals surface area contributed by atoms with E-state index in [9.17, 15) is 18.6 Å². The number of nitrogens with two attached hydrogens (primary N) is 1. The van der Waals surface area contributed by atoms with Crippen LogP contribution in [0.2, 0.25) is 0 Å². The Morgan fingerprint density at radius 3 is 2.47 bits per heavy atom. The molecule has 0 aliphatic carbocycles. The zero-order valence-corrected chi connectivity index (χ0v) is 9.74. The molecule has 8 heteroatoms. The van der Waals surface area contributed by atoms with E-state index in [0.717, 1.165) is 12.1 Å². The van der Waals surface area contributed by atoms with Gasteiger partial charge in [-0.05, 0) is 6.07 Å². The van der Waals surface area contributed by atoms with Crippen molar-refractivity contribution in [3.05, 3.63) is 17.7 Å². The zero-order chi connectivity index (χ0) is 13.1. The van der Waals surface area contributed by atoms with Crippen molar-refractivity contribution in [2.24, 2.45) is 5.73 Å². The fraction of sp³-hybridized carbons (Fsp3) is 0.333. The molecule has 0 atom stereocenters. The Hall–Kier alpha value is -1.35. The first-order valence-corrected chi connectivity index (χ1v) is 6.23. The maximum Gasteiger partial charge on any atom is 0.294 e. The smallest absolute Gasteiger partial charge is 0.294 e. The number of aromatic hydroxyl groups is 2. The number of phenolic OH excluding ortho intramolecular Hbond substituents is 2. The first-order valence-electron chi connectivity index (χ1n) is 4.79. The molecule has 1 aromatic carbocycles. The van der Waals surface area contributed by atoms with Crippen LogP contribution in [0, 0.1) is 0 Å². The third kappa shape index (κ3) is 3.56. The first kappa shape index (κ1) is 13.7. The standard InChI is InChI=1S/C9H14N2O5S/c10-1-2-11-5-6-3-7(17(14,15)16)4-8(12)9(6)13/h3-4,11-13H,1-2,5,10H2,(H,14,15,16). The summed E-state index contributed by atoms with van der Waals surface area (Å²) >= 11 is 0. The molecule has 0 aliphatic heterocycles. The fourth-order valence-electron chi connectivity index (χ4n) is 1.26.